The maximum atomic E-state index is 4.45. The minimum Gasteiger partial charge on any atom is -0.356 e. The van der Waals surface area contributed by atoms with Crippen LogP contribution in [-0.4, -0.2) is 31.1 Å². The fourth-order valence-electron chi connectivity index (χ4n) is 2.84. The lowest BCUT2D eigenvalue weighted by atomic mass is 9.89. The highest BCUT2D eigenvalue weighted by molar-refractivity contribution is 14.0. The van der Waals surface area contributed by atoms with Gasteiger partial charge in [0, 0.05) is 37.6 Å². The van der Waals surface area contributed by atoms with Gasteiger partial charge in [0.15, 0.2) is 5.96 Å². The molecule has 0 radical (unpaired) electrons. The first kappa shape index (κ1) is 19.7. The fourth-order valence-corrected chi connectivity index (χ4v) is 3.70. The molecule has 4 nitrogen and oxygen atoms in total. The van der Waals surface area contributed by atoms with Crippen molar-refractivity contribution in [1.29, 1.82) is 0 Å². The number of nitrogens with zero attached hydrogens (tertiary/aromatic N) is 2. The molecule has 1 aromatic rings. The Morgan fingerprint density at radius 1 is 1.36 bits per heavy atom. The van der Waals surface area contributed by atoms with Gasteiger partial charge in [-0.1, -0.05) is 26.7 Å². The molecule has 0 amide bonds. The molecule has 1 saturated carbocycles. The van der Waals surface area contributed by atoms with Gasteiger partial charge in [0.25, 0.3) is 0 Å². The topological polar surface area (TPSA) is 49.3 Å². The predicted molar refractivity (Wildman–Crippen MR) is 107 cm³/mol. The summed E-state index contributed by atoms with van der Waals surface area (Å²) < 4.78 is 0. The van der Waals surface area contributed by atoms with E-state index in [9.17, 15) is 0 Å². The Balaban J connectivity index is 0.00000242. The normalized spacial score (nSPS) is 17.1. The number of guanidine groups is 1. The summed E-state index contributed by atoms with van der Waals surface area (Å²) in [6.07, 6.45) is 9.43. The van der Waals surface area contributed by atoms with Crippen molar-refractivity contribution in [3.05, 3.63) is 16.1 Å². The van der Waals surface area contributed by atoms with Crippen LogP contribution in [0.4, 0.5) is 0 Å². The molecule has 22 heavy (non-hydrogen) atoms. The lowest BCUT2D eigenvalue weighted by Gasteiger charge is -2.25. The van der Waals surface area contributed by atoms with Crippen LogP contribution in [0.1, 0.15) is 49.4 Å². The zero-order valence-corrected chi connectivity index (χ0v) is 17.1. The van der Waals surface area contributed by atoms with Crippen LogP contribution in [0.3, 0.4) is 0 Å². The SMILES string of the molecule is CCc1cnc(CCNC(=NC)NCC2(C)CCCC2)s1.I. The highest BCUT2D eigenvalue weighted by Gasteiger charge is 2.28. The molecule has 6 heteroatoms. The first-order valence-electron chi connectivity index (χ1n) is 8.03. The molecule has 0 aromatic carbocycles. The summed E-state index contributed by atoms with van der Waals surface area (Å²) in [5, 5.41) is 8.07. The second kappa shape index (κ2) is 9.70. The number of halogens is 1. The number of hydrogen-bond acceptors (Lipinski definition) is 3. The van der Waals surface area contributed by atoms with E-state index >= 15 is 0 Å². The molecular formula is C16H29IN4S. The van der Waals surface area contributed by atoms with Gasteiger partial charge in [-0.05, 0) is 24.7 Å². The highest BCUT2D eigenvalue weighted by Crippen LogP contribution is 2.36. The van der Waals surface area contributed by atoms with E-state index in [1.54, 1.807) is 0 Å². The van der Waals surface area contributed by atoms with Crippen molar-refractivity contribution in [2.75, 3.05) is 20.1 Å². The molecule has 0 saturated heterocycles. The molecule has 1 fully saturated rings. The third kappa shape index (κ3) is 6.02. The van der Waals surface area contributed by atoms with Crippen LogP contribution >= 0.6 is 35.3 Å². The molecule has 1 aliphatic carbocycles. The smallest absolute Gasteiger partial charge is 0.191 e. The summed E-state index contributed by atoms with van der Waals surface area (Å²) in [7, 11) is 1.84. The summed E-state index contributed by atoms with van der Waals surface area (Å²) in [5.41, 5.74) is 0.447. The number of aryl methyl sites for hydroxylation is 1. The predicted octanol–water partition coefficient (Wildman–Crippen LogP) is 3.61. The first-order chi connectivity index (χ1) is 10.1. The van der Waals surface area contributed by atoms with Crippen molar-refractivity contribution < 1.29 is 0 Å². The summed E-state index contributed by atoms with van der Waals surface area (Å²) >= 11 is 1.81. The Morgan fingerprint density at radius 3 is 2.68 bits per heavy atom. The number of aliphatic imine (C=N–C) groups is 1. The largest absolute Gasteiger partial charge is 0.356 e. The minimum atomic E-state index is 0. The quantitative estimate of drug-likeness (QED) is 0.407. The molecular weight excluding hydrogens is 407 g/mol. The Morgan fingerprint density at radius 2 is 2.09 bits per heavy atom. The van der Waals surface area contributed by atoms with Crippen molar-refractivity contribution in [2.24, 2.45) is 10.4 Å². The van der Waals surface area contributed by atoms with E-state index < -0.39 is 0 Å². The van der Waals surface area contributed by atoms with Gasteiger partial charge in [-0.3, -0.25) is 4.99 Å². The second-order valence-corrected chi connectivity index (χ2v) is 7.39. The average molecular weight is 436 g/mol. The molecule has 2 N–H and O–H groups in total. The summed E-state index contributed by atoms with van der Waals surface area (Å²) in [6.45, 7) is 6.45. The van der Waals surface area contributed by atoms with E-state index in [4.69, 9.17) is 0 Å². The van der Waals surface area contributed by atoms with Crippen LogP contribution in [0.2, 0.25) is 0 Å². The summed E-state index contributed by atoms with van der Waals surface area (Å²) in [5.74, 6) is 0.912. The van der Waals surface area contributed by atoms with Gasteiger partial charge in [-0.25, -0.2) is 4.98 Å². The van der Waals surface area contributed by atoms with Crippen molar-refractivity contribution in [3.8, 4) is 0 Å². The molecule has 2 rings (SSSR count). The van der Waals surface area contributed by atoms with Crippen LogP contribution in [-0.2, 0) is 12.8 Å². The number of hydrogen-bond donors (Lipinski definition) is 2. The van der Waals surface area contributed by atoms with E-state index in [0.717, 1.165) is 31.9 Å². The number of rotatable bonds is 6. The third-order valence-corrected chi connectivity index (χ3v) is 5.50. The third-order valence-electron chi connectivity index (χ3n) is 4.30. The molecule has 1 aliphatic rings. The van der Waals surface area contributed by atoms with E-state index in [-0.39, 0.29) is 24.0 Å². The molecule has 0 aliphatic heterocycles. The number of aromatic nitrogens is 1. The lowest BCUT2D eigenvalue weighted by molar-refractivity contribution is 0.334. The van der Waals surface area contributed by atoms with Crippen LogP contribution in [0.15, 0.2) is 11.2 Å². The van der Waals surface area contributed by atoms with Crippen LogP contribution < -0.4 is 10.6 Å². The monoisotopic (exact) mass is 436 g/mol. The Hall–Kier alpha value is -0.370. The molecule has 0 atom stereocenters. The minimum absolute atomic E-state index is 0. The van der Waals surface area contributed by atoms with Gasteiger partial charge < -0.3 is 10.6 Å². The Bertz CT molecular complexity index is 466. The summed E-state index contributed by atoms with van der Waals surface area (Å²) in [4.78, 5) is 10.1. The molecule has 126 valence electrons. The molecule has 0 bridgehead atoms. The maximum absolute atomic E-state index is 4.45. The fraction of sp³-hybridized carbons (Fsp3) is 0.750. The average Bonchev–Trinajstić information content (AvgIpc) is 3.12. The van der Waals surface area contributed by atoms with Crippen molar-refractivity contribution in [2.45, 2.75) is 52.4 Å². The van der Waals surface area contributed by atoms with E-state index in [1.165, 1.54) is 35.6 Å². The van der Waals surface area contributed by atoms with Crippen LogP contribution in [0, 0.1) is 5.41 Å². The Kier molecular flexibility index (Phi) is 8.67. The maximum Gasteiger partial charge on any atom is 0.191 e. The van der Waals surface area contributed by atoms with E-state index in [1.807, 2.05) is 24.6 Å². The van der Waals surface area contributed by atoms with Gasteiger partial charge in [0.05, 0.1) is 5.01 Å². The highest BCUT2D eigenvalue weighted by atomic mass is 127. The van der Waals surface area contributed by atoms with Crippen LogP contribution in [0.5, 0.6) is 0 Å². The molecule has 1 aromatic heterocycles. The van der Waals surface area contributed by atoms with Gasteiger partial charge >= 0.3 is 0 Å². The van der Waals surface area contributed by atoms with Crippen molar-refractivity contribution in [1.82, 2.24) is 15.6 Å². The number of nitrogens with one attached hydrogen (secondary N) is 2. The second-order valence-electron chi connectivity index (χ2n) is 6.19. The zero-order chi connectivity index (χ0) is 15.1. The van der Waals surface area contributed by atoms with E-state index in [0.29, 0.717) is 5.41 Å². The van der Waals surface area contributed by atoms with E-state index in [2.05, 4.69) is 34.5 Å². The van der Waals surface area contributed by atoms with Crippen LogP contribution in [0.25, 0.3) is 0 Å². The lowest BCUT2D eigenvalue weighted by Crippen LogP contribution is -2.42. The summed E-state index contributed by atoms with van der Waals surface area (Å²) in [6, 6.07) is 0. The molecule has 0 spiro atoms. The molecule has 0 unspecified atom stereocenters. The van der Waals surface area contributed by atoms with Gasteiger partial charge in [0.1, 0.15) is 0 Å². The standard InChI is InChI=1S/C16H28N4S.HI/c1-4-13-11-19-14(21-13)7-10-18-15(17-3)20-12-16(2)8-5-6-9-16;/h11H,4-10,12H2,1-3H3,(H2,17,18,20);1H. The zero-order valence-electron chi connectivity index (χ0n) is 13.9. The number of thiazole rings is 1. The van der Waals surface area contributed by atoms with Gasteiger partial charge in [-0.2, -0.15) is 0 Å². The molecule has 1 heterocycles. The van der Waals surface area contributed by atoms with Crippen molar-refractivity contribution in [3.63, 3.8) is 0 Å². The van der Waals surface area contributed by atoms with Crippen molar-refractivity contribution >= 4 is 41.3 Å². The first-order valence-corrected chi connectivity index (χ1v) is 8.85. The van der Waals surface area contributed by atoms with Gasteiger partial charge in [0.2, 0.25) is 0 Å². The Labute approximate surface area is 155 Å². The van der Waals surface area contributed by atoms with Gasteiger partial charge in [-0.15, -0.1) is 35.3 Å².